The molecule has 0 aliphatic heterocycles. The SMILES string of the molecule is N[C@@H](C(F)F)[C@@H](O)c1ccccc1. The van der Waals surface area contributed by atoms with Crippen LogP contribution in [0.4, 0.5) is 8.78 Å². The Hall–Kier alpha value is -1.00. The Morgan fingerprint density at radius 2 is 1.69 bits per heavy atom. The zero-order chi connectivity index (χ0) is 9.84. The maximum atomic E-state index is 12.1. The Morgan fingerprint density at radius 3 is 2.15 bits per heavy atom. The van der Waals surface area contributed by atoms with Gasteiger partial charge in [-0.3, -0.25) is 0 Å². The van der Waals surface area contributed by atoms with Crippen LogP contribution in [0.5, 0.6) is 0 Å². The Labute approximate surface area is 75.0 Å². The molecule has 0 bridgehead atoms. The van der Waals surface area contributed by atoms with E-state index in [1.54, 1.807) is 30.3 Å². The predicted molar refractivity (Wildman–Crippen MR) is 45.4 cm³/mol. The van der Waals surface area contributed by atoms with E-state index in [-0.39, 0.29) is 0 Å². The molecule has 0 aliphatic carbocycles. The molecule has 2 atom stereocenters. The normalized spacial score (nSPS) is 15.8. The summed E-state index contributed by atoms with van der Waals surface area (Å²) in [5.74, 6) is 0. The molecule has 0 amide bonds. The molecule has 0 spiro atoms. The Balaban J connectivity index is 2.73. The Kier molecular flexibility index (Phi) is 3.33. The topological polar surface area (TPSA) is 46.2 Å². The maximum Gasteiger partial charge on any atom is 0.256 e. The molecule has 0 unspecified atom stereocenters. The van der Waals surface area contributed by atoms with Gasteiger partial charge in [-0.15, -0.1) is 0 Å². The van der Waals surface area contributed by atoms with E-state index in [9.17, 15) is 13.9 Å². The summed E-state index contributed by atoms with van der Waals surface area (Å²) < 4.78 is 24.2. The highest BCUT2D eigenvalue weighted by atomic mass is 19.3. The van der Waals surface area contributed by atoms with Gasteiger partial charge in [0.05, 0.1) is 12.1 Å². The molecule has 0 radical (unpaired) electrons. The molecule has 72 valence electrons. The van der Waals surface area contributed by atoms with E-state index in [1.807, 2.05) is 0 Å². The fraction of sp³-hybridized carbons (Fsp3) is 0.333. The van der Waals surface area contributed by atoms with Crippen molar-refractivity contribution in [1.82, 2.24) is 0 Å². The van der Waals surface area contributed by atoms with Crippen LogP contribution in [0.25, 0.3) is 0 Å². The van der Waals surface area contributed by atoms with Crippen molar-refractivity contribution < 1.29 is 13.9 Å². The number of nitrogens with two attached hydrogens (primary N) is 1. The minimum atomic E-state index is -2.71. The summed E-state index contributed by atoms with van der Waals surface area (Å²) in [6.45, 7) is 0. The van der Waals surface area contributed by atoms with Gasteiger partial charge in [0.15, 0.2) is 0 Å². The second-order valence-corrected chi connectivity index (χ2v) is 2.77. The number of alkyl halides is 2. The molecule has 13 heavy (non-hydrogen) atoms. The lowest BCUT2D eigenvalue weighted by molar-refractivity contribution is 0.0354. The van der Waals surface area contributed by atoms with E-state index in [4.69, 9.17) is 5.73 Å². The minimum absolute atomic E-state index is 0.412. The van der Waals surface area contributed by atoms with Gasteiger partial charge >= 0.3 is 0 Å². The number of aliphatic hydroxyl groups is 1. The van der Waals surface area contributed by atoms with Crippen molar-refractivity contribution in [1.29, 1.82) is 0 Å². The van der Waals surface area contributed by atoms with E-state index in [1.165, 1.54) is 0 Å². The van der Waals surface area contributed by atoms with Crippen LogP contribution in [0.2, 0.25) is 0 Å². The lowest BCUT2D eigenvalue weighted by atomic mass is 10.0. The number of hydrogen-bond donors (Lipinski definition) is 2. The second-order valence-electron chi connectivity index (χ2n) is 2.77. The Bertz CT molecular complexity index is 253. The maximum absolute atomic E-state index is 12.1. The first-order chi connectivity index (χ1) is 6.13. The van der Waals surface area contributed by atoms with Gasteiger partial charge < -0.3 is 10.8 Å². The highest BCUT2D eigenvalue weighted by Gasteiger charge is 2.24. The number of aliphatic hydroxyl groups excluding tert-OH is 1. The molecular formula is C9H11F2NO. The lowest BCUT2D eigenvalue weighted by Gasteiger charge is -2.17. The third-order valence-corrected chi connectivity index (χ3v) is 1.80. The molecule has 0 aromatic heterocycles. The summed E-state index contributed by atoms with van der Waals surface area (Å²) in [5, 5.41) is 9.35. The molecule has 1 rings (SSSR count). The summed E-state index contributed by atoms with van der Waals surface area (Å²) in [5.41, 5.74) is 5.50. The van der Waals surface area contributed by atoms with Crippen LogP contribution in [0.1, 0.15) is 11.7 Å². The highest BCUT2D eigenvalue weighted by Crippen LogP contribution is 2.18. The van der Waals surface area contributed by atoms with Gasteiger partial charge in [0.2, 0.25) is 0 Å². The molecule has 3 N–H and O–H groups in total. The highest BCUT2D eigenvalue weighted by molar-refractivity contribution is 5.18. The monoisotopic (exact) mass is 187 g/mol. The van der Waals surface area contributed by atoms with Crippen LogP contribution in [0.15, 0.2) is 30.3 Å². The summed E-state index contributed by atoms with van der Waals surface area (Å²) in [6.07, 6.45) is -4.02. The first kappa shape index (κ1) is 10.1. The van der Waals surface area contributed by atoms with E-state index in [2.05, 4.69) is 0 Å². The fourth-order valence-corrected chi connectivity index (χ4v) is 1.01. The number of halogens is 2. The van der Waals surface area contributed by atoms with Crippen LogP contribution in [0, 0.1) is 0 Å². The predicted octanol–water partition coefficient (Wildman–Crippen LogP) is 1.31. The zero-order valence-corrected chi connectivity index (χ0v) is 6.90. The van der Waals surface area contributed by atoms with E-state index >= 15 is 0 Å². The zero-order valence-electron chi connectivity index (χ0n) is 6.90. The van der Waals surface area contributed by atoms with Gasteiger partial charge in [-0.05, 0) is 5.56 Å². The quantitative estimate of drug-likeness (QED) is 0.749. The third kappa shape index (κ3) is 2.47. The molecular weight excluding hydrogens is 176 g/mol. The molecule has 2 nitrogen and oxygen atoms in total. The van der Waals surface area contributed by atoms with Crippen molar-refractivity contribution in [2.75, 3.05) is 0 Å². The molecule has 0 saturated heterocycles. The smallest absolute Gasteiger partial charge is 0.256 e. The van der Waals surface area contributed by atoms with Crippen LogP contribution in [-0.4, -0.2) is 17.6 Å². The minimum Gasteiger partial charge on any atom is -0.387 e. The summed E-state index contributed by atoms with van der Waals surface area (Å²) in [6, 6.07) is 6.67. The molecule has 1 aromatic rings. The largest absolute Gasteiger partial charge is 0.387 e. The van der Waals surface area contributed by atoms with Crippen LogP contribution < -0.4 is 5.73 Å². The number of rotatable bonds is 3. The van der Waals surface area contributed by atoms with Crippen LogP contribution >= 0.6 is 0 Å². The average molecular weight is 187 g/mol. The van der Waals surface area contributed by atoms with E-state index in [0.29, 0.717) is 5.56 Å². The summed E-state index contributed by atoms with van der Waals surface area (Å²) >= 11 is 0. The first-order valence-electron chi connectivity index (χ1n) is 3.89. The molecule has 0 saturated carbocycles. The summed E-state index contributed by atoms with van der Waals surface area (Å²) in [4.78, 5) is 0. The average Bonchev–Trinajstić information content (AvgIpc) is 2.17. The summed E-state index contributed by atoms with van der Waals surface area (Å²) in [7, 11) is 0. The number of hydrogen-bond acceptors (Lipinski definition) is 2. The van der Waals surface area contributed by atoms with Crippen molar-refractivity contribution >= 4 is 0 Å². The molecule has 1 aromatic carbocycles. The third-order valence-electron chi connectivity index (χ3n) is 1.80. The van der Waals surface area contributed by atoms with Gasteiger partial charge in [-0.1, -0.05) is 30.3 Å². The second kappa shape index (κ2) is 4.30. The number of benzene rings is 1. The van der Waals surface area contributed by atoms with Gasteiger partial charge in [0.1, 0.15) is 0 Å². The van der Waals surface area contributed by atoms with Gasteiger partial charge in [0.25, 0.3) is 6.43 Å². The standard InChI is InChI=1S/C9H11F2NO/c10-9(11)7(12)8(13)6-4-2-1-3-5-6/h1-5,7-9,13H,12H2/t7-,8+/m1/s1. The van der Waals surface area contributed by atoms with E-state index in [0.717, 1.165) is 0 Å². The van der Waals surface area contributed by atoms with Crippen LogP contribution in [-0.2, 0) is 0 Å². The van der Waals surface area contributed by atoms with Crippen molar-refractivity contribution in [3.63, 3.8) is 0 Å². The van der Waals surface area contributed by atoms with Crippen molar-refractivity contribution in [3.05, 3.63) is 35.9 Å². The van der Waals surface area contributed by atoms with Crippen LogP contribution in [0.3, 0.4) is 0 Å². The van der Waals surface area contributed by atoms with Gasteiger partial charge in [0, 0.05) is 0 Å². The molecule has 4 heteroatoms. The molecule has 0 fully saturated rings. The van der Waals surface area contributed by atoms with Crippen molar-refractivity contribution in [2.45, 2.75) is 18.6 Å². The fourth-order valence-electron chi connectivity index (χ4n) is 1.01. The lowest BCUT2D eigenvalue weighted by Crippen LogP contribution is -2.35. The first-order valence-corrected chi connectivity index (χ1v) is 3.89. The van der Waals surface area contributed by atoms with Crippen molar-refractivity contribution in [2.24, 2.45) is 5.73 Å². The van der Waals surface area contributed by atoms with Crippen molar-refractivity contribution in [3.8, 4) is 0 Å². The van der Waals surface area contributed by atoms with E-state index < -0.39 is 18.6 Å². The molecule has 0 aliphatic rings. The van der Waals surface area contributed by atoms with Gasteiger partial charge in [-0.25, -0.2) is 8.78 Å². The molecule has 0 heterocycles. The Morgan fingerprint density at radius 1 is 1.15 bits per heavy atom. The van der Waals surface area contributed by atoms with Gasteiger partial charge in [-0.2, -0.15) is 0 Å².